The molecule has 3 aromatic rings. The fourth-order valence-electron chi connectivity index (χ4n) is 2.29. The summed E-state index contributed by atoms with van der Waals surface area (Å²) in [5.74, 6) is -0.548. The number of hydrogen-bond acceptors (Lipinski definition) is 3. The molecule has 3 rings (SSSR count). The molecule has 0 unspecified atom stereocenters. The van der Waals surface area contributed by atoms with Crippen LogP contribution in [-0.2, 0) is 6.42 Å². The standard InChI is InChI=1S/C16H9BrFN3O/c17-11-2-3-12-13(7-11)15(20-21-16(12)22)6-9-1-4-14(18)10(5-9)8-19/h1-5,7H,6H2,(H,21,22). The molecule has 4 nitrogen and oxygen atoms in total. The van der Waals surface area contributed by atoms with Crippen LogP contribution in [0.1, 0.15) is 16.8 Å². The highest BCUT2D eigenvalue weighted by Gasteiger charge is 2.10. The molecule has 22 heavy (non-hydrogen) atoms. The molecule has 0 aliphatic heterocycles. The minimum atomic E-state index is -0.548. The van der Waals surface area contributed by atoms with E-state index in [-0.39, 0.29) is 11.1 Å². The van der Waals surface area contributed by atoms with Gasteiger partial charge in [-0.25, -0.2) is 9.49 Å². The number of rotatable bonds is 2. The number of halogens is 2. The van der Waals surface area contributed by atoms with E-state index in [1.165, 1.54) is 12.1 Å². The molecule has 0 amide bonds. The molecule has 1 N–H and O–H groups in total. The van der Waals surface area contributed by atoms with Crippen LogP contribution in [0.15, 0.2) is 45.7 Å². The Labute approximate surface area is 133 Å². The van der Waals surface area contributed by atoms with Crippen molar-refractivity contribution in [3.63, 3.8) is 0 Å². The van der Waals surface area contributed by atoms with Crippen LogP contribution >= 0.6 is 15.9 Å². The maximum absolute atomic E-state index is 13.4. The molecule has 0 fully saturated rings. The molecule has 1 aromatic heterocycles. The average Bonchev–Trinajstić information content (AvgIpc) is 2.51. The summed E-state index contributed by atoms with van der Waals surface area (Å²) in [5.41, 5.74) is 1.14. The maximum Gasteiger partial charge on any atom is 0.272 e. The van der Waals surface area contributed by atoms with Gasteiger partial charge in [0.1, 0.15) is 11.9 Å². The second-order valence-corrected chi connectivity index (χ2v) is 5.71. The van der Waals surface area contributed by atoms with Gasteiger partial charge in [0, 0.05) is 16.3 Å². The maximum atomic E-state index is 13.4. The van der Waals surface area contributed by atoms with Crippen molar-refractivity contribution in [2.75, 3.05) is 0 Å². The van der Waals surface area contributed by atoms with E-state index in [0.717, 1.165) is 15.4 Å². The molecule has 0 aliphatic carbocycles. The Kier molecular flexibility index (Phi) is 3.73. The second kappa shape index (κ2) is 5.70. The fraction of sp³-hybridized carbons (Fsp3) is 0.0625. The van der Waals surface area contributed by atoms with Crippen molar-refractivity contribution in [3.05, 3.63) is 73.9 Å². The summed E-state index contributed by atoms with van der Waals surface area (Å²) < 4.78 is 14.2. The monoisotopic (exact) mass is 357 g/mol. The predicted molar refractivity (Wildman–Crippen MR) is 84.0 cm³/mol. The second-order valence-electron chi connectivity index (χ2n) is 4.79. The quantitative estimate of drug-likeness (QED) is 0.764. The first kappa shape index (κ1) is 14.4. The van der Waals surface area contributed by atoms with Crippen molar-refractivity contribution < 1.29 is 4.39 Å². The van der Waals surface area contributed by atoms with Crippen LogP contribution in [0.25, 0.3) is 10.8 Å². The van der Waals surface area contributed by atoms with Gasteiger partial charge in [0.25, 0.3) is 5.56 Å². The Balaban J connectivity index is 2.12. The lowest BCUT2D eigenvalue weighted by atomic mass is 10.0. The van der Waals surface area contributed by atoms with E-state index in [1.54, 1.807) is 18.2 Å². The van der Waals surface area contributed by atoms with E-state index in [9.17, 15) is 9.18 Å². The summed E-state index contributed by atoms with van der Waals surface area (Å²) >= 11 is 3.38. The zero-order valence-electron chi connectivity index (χ0n) is 11.2. The van der Waals surface area contributed by atoms with Gasteiger partial charge in [0.05, 0.1) is 16.6 Å². The highest BCUT2D eigenvalue weighted by molar-refractivity contribution is 9.10. The Morgan fingerprint density at radius 2 is 2.05 bits per heavy atom. The summed E-state index contributed by atoms with van der Waals surface area (Å²) in [6, 6.07) is 11.5. The third kappa shape index (κ3) is 2.63. The third-order valence-corrected chi connectivity index (χ3v) is 3.85. The molecule has 2 aromatic carbocycles. The van der Waals surface area contributed by atoms with Crippen molar-refractivity contribution in [3.8, 4) is 6.07 Å². The van der Waals surface area contributed by atoms with Crippen molar-refractivity contribution in [2.45, 2.75) is 6.42 Å². The number of fused-ring (bicyclic) bond motifs is 1. The summed E-state index contributed by atoms with van der Waals surface area (Å²) in [7, 11) is 0. The van der Waals surface area contributed by atoms with Crippen LogP contribution in [0, 0.1) is 17.1 Å². The van der Waals surface area contributed by atoms with E-state index in [4.69, 9.17) is 5.26 Å². The molecule has 0 atom stereocenters. The molecule has 0 spiro atoms. The van der Waals surface area contributed by atoms with Crippen molar-refractivity contribution in [1.29, 1.82) is 5.26 Å². The zero-order valence-corrected chi connectivity index (χ0v) is 12.8. The Bertz CT molecular complexity index is 975. The first-order chi connectivity index (χ1) is 10.6. The van der Waals surface area contributed by atoms with Crippen LogP contribution in [0.4, 0.5) is 4.39 Å². The average molecular weight is 358 g/mol. The summed E-state index contributed by atoms with van der Waals surface area (Å²) in [5, 5.41) is 16.7. The Morgan fingerprint density at radius 1 is 1.23 bits per heavy atom. The number of aromatic amines is 1. The smallest absolute Gasteiger partial charge is 0.267 e. The zero-order chi connectivity index (χ0) is 15.7. The summed E-state index contributed by atoms with van der Waals surface area (Å²) in [6.45, 7) is 0. The predicted octanol–water partition coefficient (Wildman–Crippen LogP) is 3.29. The molecule has 0 saturated carbocycles. The van der Waals surface area contributed by atoms with Gasteiger partial charge in [-0.1, -0.05) is 22.0 Å². The largest absolute Gasteiger partial charge is 0.272 e. The molecule has 0 saturated heterocycles. The van der Waals surface area contributed by atoms with Gasteiger partial charge < -0.3 is 0 Å². The Morgan fingerprint density at radius 3 is 2.82 bits per heavy atom. The van der Waals surface area contributed by atoms with Crippen LogP contribution in [-0.4, -0.2) is 10.2 Å². The van der Waals surface area contributed by atoms with Crippen molar-refractivity contribution in [1.82, 2.24) is 10.2 Å². The minimum absolute atomic E-state index is 0.00703. The molecule has 108 valence electrons. The number of aromatic nitrogens is 2. The van der Waals surface area contributed by atoms with Gasteiger partial charge in [0.15, 0.2) is 0 Å². The van der Waals surface area contributed by atoms with Gasteiger partial charge in [-0.3, -0.25) is 4.79 Å². The third-order valence-electron chi connectivity index (χ3n) is 3.35. The summed E-state index contributed by atoms with van der Waals surface area (Å²) in [4.78, 5) is 11.8. The van der Waals surface area contributed by atoms with Gasteiger partial charge in [-0.05, 0) is 35.9 Å². The number of nitriles is 1. The van der Waals surface area contributed by atoms with E-state index < -0.39 is 5.82 Å². The first-order valence-electron chi connectivity index (χ1n) is 6.44. The van der Waals surface area contributed by atoms with Gasteiger partial charge in [-0.2, -0.15) is 10.4 Å². The van der Waals surface area contributed by atoms with Crippen LogP contribution in [0.3, 0.4) is 0 Å². The molecule has 0 radical (unpaired) electrons. The van der Waals surface area contributed by atoms with E-state index >= 15 is 0 Å². The number of nitrogens with zero attached hydrogens (tertiary/aromatic N) is 2. The molecule has 1 heterocycles. The number of hydrogen-bond donors (Lipinski definition) is 1. The van der Waals surface area contributed by atoms with E-state index in [0.29, 0.717) is 17.5 Å². The minimum Gasteiger partial charge on any atom is -0.267 e. The number of benzene rings is 2. The lowest BCUT2D eigenvalue weighted by Crippen LogP contribution is -2.11. The number of nitrogens with one attached hydrogen (secondary N) is 1. The van der Waals surface area contributed by atoms with E-state index in [1.807, 2.05) is 12.1 Å². The van der Waals surface area contributed by atoms with Gasteiger partial charge in [-0.15, -0.1) is 0 Å². The molecule has 6 heteroatoms. The molecular formula is C16H9BrFN3O. The van der Waals surface area contributed by atoms with Crippen molar-refractivity contribution in [2.24, 2.45) is 0 Å². The van der Waals surface area contributed by atoms with Crippen LogP contribution in [0.2, 0.25) is 0 Å². The molecule has 0 bridgehead atoms. The lowest BCUT2D eigenvalue weighted by molar-refractivity contribution is 0.623. The lowest BCUT2D eigenvalue weighted by Gasteiger charge is -2.06. The highest BCUT2D eigenvalue weighted by atomic mass is 79.9. The Hall–Kier alpha value is -2.52. The highest BCUT2D eigenvalue weighted by Crippen LogP contribution is 2.21. The SMILES string of the molecule is N#Cc1cc(Cc2n[nH]c(=O)c3ccc(Br)cc23)ccc1F. The summed E-state index contributed by atoms with van der Waals surface area (Å²) in [6.07, 6.45) is 0.388. The van der Waals surface area contributed by atoms with Crippen molar-refractivity contribution >= 4 is 26.7 Å². The molecular weight excluding hydrogens is 349 g/mol. The van der Waals surface area contributed by atoms with E-state index in [2.05, 4.69) is 26.1 Å². The van der Waals surface area contributed by atoms with Gasteiger partial charge in [0.2, 0.25) is 0 Å². The number of H-pyrrole nitrogens is 1. The molecule has 0 aliphatic rings. The fourth-order valence-corrected chi connectivity index (χ4v) is 2.65. The van der Waals surface area contributed by atoms with Crippen LogP contribution in [0.5, 0.6) is 0 Å². The van der Waals surface area contributed by atoms with Crippen LogP contribution < -0.4 is 5.56 Å². The topological polar surface area (TPSA) is 69.5 Å². The first-order valence-corrected chi connectivity index (χ1v) is 7.23. The van der Waals surface area contributed by atoms with Gasteiger partial charge >= 0.3 is 0 Å². The normalized spacial score (nSPS) is 10.6.